The predicted molar refractivity (Wildman–Crippen MR) is 95.7 cm³/mol. The molecule has 3 aliphatic rings. The Kier molecular flexibility index (Phi) is 4.76. The number of amides is 1. The summed E-state index contributed by atoms with van der Waals surface area (Å²) in [7, 11) is 0. The molecule has 2 aliphatic carbocycles. The van der Waals surface area contributed by atoms with Crippen LogP contribution in [0.2, 0.25) is 0 Å². The highest BCUT2D eigenvalue weighted by atomic mass is 16.7. The Hall–Kier alpha value is -2.57. The van der Waals surface area contributed by atoms with E-state index < -0.39 is 5.91 Å². The summed E-state index contributed by atoms with van der Waals surface area (Å²) in [6.45, 7) is 1.11. The summed E-state index contributed by atoms with van der Waals surface area (Å²) >= 11 is 0. The second kappa shape index (κ2) is 7.21. The van der Waals surface area contributed by atoms with Crippen LogP contribution >= 0.6 is 0 Å². The topological polar surface area (TPSA) is 90.9 Å². The molecule has 0 radical (unpaired) electrons. The number of rotatable bonds is 6. The van der Waals surface area contributed by atoms with Crippen molar-refractivity contribution < 1.29 is 28.6 Å². The van der Waals surface area contributed by atoms with Gasteiger partial charge in [-0.1, -0.05) is 6.42 Å². The van der Waals surface area contributed by atoms with Crippen LogP contribution in [0.3, 0.4) is 0 Å². The first-order chi connectivity index (χ1) is 13.0. The van der Waals surface area contributed by atoms with E-state index in [1.807, 2.05) is 0 Å². The lowest BCUT2D eigenvalue weighted by Crippen LogP contribution is -2.23. The zero-order valence-corrected chi connectivity index (χ0v) is 15.3. The maximum atomic E-state index is 12.2. The lowest BCUT2D eigenvalue weighted by molar-refractivity contribution is -0.148. The number of ether oxygens (including phenoxy) is 3. The number of esters is 1. The van der Waals surface area contributed by atoms with Crippen molar-refractivity contribution in [3.8, 4) is 11.5 Å². The van der Waals surface area contributed by atoms with Crippen molar-refractivity contribution in [3.63, 3.8) is 0 Å². The van der Waals surface area contributed by atoms with Crippen molar-refractivity contribution in [2.45, 2.75) is 39.0 Å². The minimum atomic E-state index is -0.488. The lowest BCUT2D eigenvalue weighted by Gasteiger charge is -2.20. The average molecular weight is 373 g/mol. The third-order valence-corrected chi connectivity index (χ3v) is 5.84. The van der Waals surface area contributed by atoms with Gasteiger partial charge in [-0.05, 0) is 50.0 Å². The van der Waals surface area contributed by atoms with Gasteiger partial charge in [-0.3, -0.25) is 14.4 Å². The number of carbonyl (C=O) groups excluding carboxylic acids is 3. The number of carbonyl (C=O) groups is 3. The highest BCUT2D eigenvalue weighted by molar-refractivity contribution is 6.05. The van der Waals surface area contributed by atoms with Crippen LogP contribution in [0, 0.1) is 17.8 Å². The van der Waals surface area contributed by atoms with Crippen molar-refractivity contribution in [2.24, 2.45) is 17.8 Å². The van der Waals surface area contributed by atoms with Crippen LogP contribution in [0.5, 0.6) is 11.5 Å². The zero-order valence-electron chi connectivity index (χ0n) is 15.3. The molecule has 4 rings (SSSR count). The molecule has 1 amide bonds. The van der Waals surface area contributed by atoms with Gasteiger partial charge in [0.15, 0.2) is 23.9 Å². The first kappa shape index (κ1) is 17.8. The number of benzene rings is 1. The van der Waals surface area contributed by atoms with Crippen molar-refractivity contribution in [2.75, 3.05) is 18.7 Å². The van der Waals surface area contributed by atoms with Crippen LogP contribution in [-0.2, 0) is 14.3 Å². The van der Waals surface area contributed by atoms with E-state index in [-0.39, 0.29) is 25.2 Å². The summed E-state index contributed by atoms with van der Waals surface area (Å²) in [5.41, 5.74) is 0.641. The molecule has 0 unspecified atom stereocenters. The fraction of sp³-hybridized carbons (Fsp3) is 0.550. The van der Waals surface area contributed by atoms with Gasteiger partial charge in [0.25, 0.3) is 5.91 Å². The molecule has 1 heterocycles. The maximum absolute atomic E-state index is 12.2. The van der Waals surface area contributed by atoms with Crippen LogP contribution in [0.15, 0.2) is 12.1 Å². The summed E-state index contributed by atoms with van der Waals surface area (Å²) in [5.74, 6) is 1.71. The molecule has 0 aromatic heterocycles. The Bertz CT molecular complexity index is 789. The van der Waals surface area contributed by atoms with Gasteiger partial charge in [0, 0.05) is 18.1 Å². The van der Waals surface area contributed by atoms with E-state index in [4.69, 9.17) is 14.2 Å². The molecule has 2 fully saturated rings. The Balaban J connectivity index is 1.31. The average Bonchev–Trinajstić information content (AvgIpc) is 3.35. The zero-order chi connectivity index (χ0) is 19.0. The van der Waals surface area contributed by atoms with Crippen LogP contribution in [0.4, 0.5) is 5.69 Å². The summed E-state index contributed by atoms with van der Waals surface area (Å²) in [6.07, 6.45) is 5.21. The molecular weight excluding hydrogens is 350 g/mol. The van der Waals surface area contributed by atoms with Gasteiger partial charge in [-0.2, -0.15) is 0 Å². The van der Waals surface area contributed by atoms with E-state index >= 15 is 0 Å². The van der Waals surface area contributed by atoms with Gasteiger partial charge in [0.2, 0.25) is 6.79 Å². The molecule has 144 valence electrons. The predicted octanol–water partition coefficient (Wildman–Crippen LogP) is 2.93. The first-order valence-corrected chi connectivity index (χ1v) is 9.39. The van der Waals surface area contributed by atoms with Crippen molar-refractivity contribution >= 4 is 23.3 Å². The van der Waals surface area contributed by atoms with Gasteiger partial charge >= 0.3 is 5.97 Å². The quantitative estimate of drug-likeness (QED) is 0.609. The molecule has 7 heteroatoms. The molecule has 7 nitrogen and oxygen atoms in total. The second-order valence-electron chi connectivity index (χ2n) is 7.66. The van der Waals surface area contributed by atoms with E-state index in [9.17, 15) is 14.4 Å². The molecule has 1 N–H and O–H groups in total. The Morgan fingerprint density at radius 1 is 1.15 bits per heavy atom. The maximum Gasteiger partial charge on any atom is 0.306 e. The van der Waals surface area contributed by atoms with Crippen LogP contribution in [-0.4, -0.2) is 31.1 Å². The van der Waals surface area contributed by atoms with Gasteiger partial charge in [0.1, 0.15) is 0 Å². The highest BCUT2D eigenvalue weighted by Crippen LogP contribution is 2.49. The van der Waals surface area contributed by atoms with Gasteiger partial charge in [-0.15, -0.1) is 0 Å². The minimum absolute atomic E-state index is 0.0741. The van der Waals surface area contributed by atoms with Crippen LogP contribution in [0.1, 0.15) is 49.4 Å². The van der Waals surface area contributed by atoms with Crippen molar-refractivity contribution in [1.29, 1.82) is 0 Å². The molecule has 1 aromatic carbocycles. The largest absolute Gasteiger partial charge is 0.456 e. The number of nitrogens with one attached hydrogen (secondary N) is 1. The van der Waals surface area contributed by atoms with Gasteiger partial charge < -0.3 is 19.5 Å². The normalized spacial score (nSPS) is 24.7. The Morgan fingerprint density at radius 2 is 1.93 bits per heavy atom. The minimum Gasteiger partial charge on any atom is -0.456 e. The van der Waals surface area contributed by atoms with Crippen LogP contribution in [0.25, 0.3) is 0 Å². The lowest BCUT2D eigenvalue weighted by atomic mass is 9.86. The molecule has 2 bridgehead atoms. The van der Waals surface area contributed by atoms with Crippen LogP contribution < -0.4 is 14.8 Å². The van der Waals surface area contributed by atoms with E-state index in [0.29, 0.717) is 41.0 Å². The van der Waals surface area contributed by atoms with Gasteiger partial charge in [0.05, 0.1) is 5.69 Å². The molecule has 0 saturated heterocycles. The summed E-state index contributed by atoms with van der Waals surface area (Å²) in [5, 5.41) is 2.63. The molecule has 0 spiro atoms. The molecule has 2 saturated carbocycles. The number of hydrogen-bond acceptors (Lipinski definition) is 6. The smallest absolute Gasteiger partial charge is 0.306 e. The number of Topliss-reactive ketones (excluding diaryl/α,β-unsaturated/α-hetero) is 1. The number of ketones is 1. The molecule has 3 atom stereocenters. The molecule has 1 aliphatic heterocycles. The molecule has 27 heavy (non-hydrogen) atoms. The summed E-state index contributed by atoms with van der Waals surface area (Å²) in [6, 6.07) is 3.09. The Morgan fingerprint density at radius 3 is 2.59 bits per heavy atom. The third-order valence-electron chi connectivity index (χ3n) is 5.84. The third kappa shape index (κ3) is 3.77. The standard InChI is InChI=1S/C20H23NO6/c1-11(22)15-7-17-18(27-10-26-17)8-16(15)21-19(23)9-25-20(24)6-14-5-12-2-3-13(14)4-12/h7-8,12-14H,2-6,9-10H2,1H3,(H,21,23)/t12-,13-,14-/m1/s1. The number of hydrogen-bond donors (Lipinski definition) is 1. The van der Waals surface area contributed by atoms with Gasteiger partial charge in [-0.25, -0.2) is 0 Å². The number of fused-ring (bicyclic) bond motifs is 3. The van der Waals surface area contributed by atoms with Crippen molar-refractivity contribution in [3.05, 3.63) is 17.7 Å². The Labute approximate surface area is 157 Å². The monoisotopic (exact) mass is 373 g/mol. The molecular formula is C20H23NO6. The van der Waals surface area contributed by atoms with Crippen molar-refractivity contribution in [1.82, 2.24) is 0 Å². The van der Waals surface area contributed by atoms with E-state index in [1.165, 1.54) is 26.2 Å². The highest BCUT2D eigenvalue weighted by Gasteiger charge is 2.40. The first-order valence-electron chi connectivity index (χ1n) is 9.39. The SMILES string of the molecule is CC(=O)c1cc2c(cc1NC(=O)COC(=O)C[C@H]1C[C@@H]3CC[C@@H]1C3)OCO2. The summed E-state index contributed by atoms with van der Waals surface area (Å²) in [4.78, 5) is 36.1. The second-order valence-corrected chi connectivity index (χ2v) is 7.66. The van der Waals surface area contributed by atoms with E-state index in [2.05, 4.69) is 5.32 Å². The fourth-order valence-corrected chi connectivity index (χ4v) is 4.57. The number of anilines is 1. The summed E-state index contributed by atoms with van der Waals surface area (Å²) < 4.78 is 15.7. The van der Waals surface area contributed by atoms with E-state index in [1.54, 1.807) is 12.1 Å². The van der Waals surface area contributed by atoms with E-state index in [0.717, 1.165) is 12.3 Å². The fourth-order valence-electron chi connectivity index (χ4n) is 4.57. The molecule has 1 aromatic rings.